The molecule has 0 saturated carbocycles. The van der Waals surface area contributed by atoms with Crippen molar-refractivity contribution < 1.29 is 8.78 Å². The number of nitrogens with zero attached hydrogens (tertiary/aromatic N) is 1. The summed E-state index contributed by atoms with van der Waals surface area (Å²) in [5, 5.41) is 3.36. The van der Waals surface area contributed by atoms with Crippen molar-refractivity contribution in [3.63, 3.8) is 0 Å². The van der Waals surface area contributed by atoms with Crippen molar-refractivity contribution in [2.45, 2.75) is 26.9 Å². The second-order valence-electron chi connectivity index (χ2n) is 5.49. The van der Waals surface area contributed by atoms with Crippen LogP contribution in [0.25, 0.3) is 0 Å². The van der Waals surface area contributed by atoms with Crippen LogP contribution in [0, 0.1) is 17.6 Å². The van der Waals surface area contributed by atoms with E-state index < -0.39 is 11.6 Å². The Balaban J connectivity index is 1.95. The summed E-state index contributed by atoms with van der Waals surface area (Å²) in [6.07, 6.45) is 3.92. The van der Waals surface area contributed by atoms with Crippen LogP contribution in [0.2, 0.25) is 0 Å². The van der Waals surface area contributed by atoms with Crippen molar-refractivity contribution in [1.82, 2.24) is 9.88 Å². The summed E-state index contributed by atoms with van der Waals surface area (Å²) < 4.78 is 28.2. The molecule has 1 aromatic carbocycles. The molecular weight excluding hydrogens is 258 g/mol. The Bertz CT molecular complexity index is 541. The predicted molar refractivity (Wildman–Crippen MR) is 76.4 cm³/mol. The molecule has 2 aromatic rings. The third-order valence-corrected chi connectivity index (χ3v) is 2.98. The van der Waals surface area contributed by atoms with E-state index >= 15 is 0 Å². The van der Waals surface area contributed by atoms with Crippen LogP contribution in [0.1, 0.15) is 25.0 Å². The largest absolute Gasteiger partial charge is 0.350 e. The van der Waals surface area contributed by atoms with Crippen molar-refractivity contribution >= 4 is 0 Å². The van der Waals surface area contributed by atoms with Gasteiger partial charge in [-0.05, 0) is 41.8 Å². The Labute approximate surface area is 118 Å². The number of rotatable bonds is 6. The minimum absolute atomic E-state index is 0.471. The van der Waals surface area contributed by atoms with Gasteiger partial charge in [0.05, 0.1) is 0 Å². The number of halogens is 2. The van der Waals surface area contributed by atoms with Crippen LogP contribution in [0.3, 0.4) is 0 Å². The monoisotopic (exact) mass is 278 g/mol. The van der Waals surface area contributed by atoms with Crippen LogP contribution >= 0.6 is 0 Å². The van der Waals surface area contributed by atoms with E-state index in [4.69, 9.17) is 0 Å². The first-order chi connectivity index (χ1) is 9.52. The molecule has 0 unspecified atom stereocenters. The first kappa shape index (κ1) is 14.7. The van der Waals surface area contributed by atoms with E-state index in [1.807, 2.05) is 23.0 Å². The minimum atomic E-state index is -0.536. The minimum Gasteiger partial charge on any atom is -0.350 e. The maximum atomic E-state index is 13.1. The Morgan fingerprint density at radius 3 is 2.45 bits per heavy atom. The van der Waals surface area contributed by atoms with Crippen LogP contribution in [0.15, 0.2) is 36.7 Å². The summed E-state index contributed by atoms with van der Waals surface area (Å²) in [5.74, 6) is -0.454. The molecule has 0 fully saturated rings. The second kappa shape index (κ2) is 6.66. The van der Waals surface area contributed by atoms with E-state index in [-0.39, 0.29) is 0 Å². The van der Waals surface area contributed by atoms with E-state index in [9.17, 15) is 8.78 Å². The molecule has 0 spiro atoms. The van der Waals surface area contributed by atoms with Gasteiger partial charge in [0, 0.05) is 31.5 Å². The molecule has 2 rings (SSSR count). The van der Waals surface area contributed by atoms with Crippen molar-refractivity contribution in [2.24, 2.45) is 5.92 Å². The Hall–Kier alpha value is -1.68. The molecule has 0 radical (unpaired) electrons. The number of hydrogen-bond acceptors (Lipinski definition) is 1. The number of nitrogens with one attached hydrogen (secondary N) is 1. The van der Waals surface area contributed by atoms with E-state index in [2.05, 4.69) is 19.2 Å². The highest BCUT2D eigenvalue weighted by Gasteiger charge is 2.03. The molecule has 0 atom stereocenters. The maximum Gasteiger partial charge on any atom is 0.126 e. The van der Waals surface area contributed by atoms with Crippen molar-refractivity contribution in [2.75, 3.05) is 6.54 Å². The fraction of sp³-hybridized carbons (Fsp3) is 0.375. The van der Waals surface area contributed by atoms with Gasteiger partial charge in [0.25, 0.3) is 0 Å². The van der Waals surface area contributed by atoms with Crippen LogP contribution in [-0.2, 0) is 13.1 Å². The van der Waals surface area contributed by atoms with Gasteiger partial charge in [-0.15, -0.1) is 0 Å². The number of aromatic nitrogens is 1. The molecule has 1 aromatic heterocycles. The zero-order valence-electron chi connectivity index (χ0n) is 11.9. The molecular formula is C16H20F2N2. The average molecular weight is 278 g/mol. The van der Waals surface area contributed by atoms with Gasteiger partial charge in [-0.1, -0.05) is 13.8 Å². The van der Waals surface area contributed by atoms with Gasteiger partial charge in [-0.3, -0.25) is 0 Å². The molecule has 0 aliphatic heterocycles. The fourth-order valence-corrected chi connectivity index (χ4v) is 2.11. The SMILES string of the molecule is CC(C)CNCc1ccn(Cc2cc(F)cc(F)c2)c1. The Morgan fingerprint density at radius 1 is 1.10 bits per heavy atom. The summed E-state index contributed by atoms with van der Waals surface area (Å²) in [4.78, 5) is 0. The molecule has 2 nitrogen and oxygen atoms in total. The Morgan fingerprint density at radius 2 is 1.80 bits per heavy atom. The molecule has 0 saturated heterocycles. The van der Waals surface area contributed by atoms with Crippen molar-refractivity contribution in [3.05, 3.63) is 59.4 Å². The normalized spacial score (nSPS) is 11.2. The predicted octanol–water partition coefficient (Wildman–Crippen LogP) is 3.56. The lowest BCUT2D eigenvalue weighted by Gasteiger charge is -2.06. The van der Waals surface area contributed by atoms with Crippen LogP contribution < -0.4 is 5.32 Å². The third kappa shape index (κ3) is 4.46. The molecule has 0 amide bonds. The zero-order valence-corrected chi connectivity index (χ0v) is 11.9. The highest BCUT2D eigenvalue weighted by molar-refractivity contribution is 5.19. The van der Waals surface area contributed by atoms with Gasteiger partial charge in [0.2, 0.25) is 0 Å². The summed E-state index contributed by atoms with van der Waals surface area (Å²) in [5.41, 5.74) is 1.79. The standard InChI is InChI=1S/C16H20F2N2/c1-12(2)8-19-9-13-3-4-20(10-13)11-14-5-15(17)7-16(18)6-14/h3-7,10,12,19H,8-9,11H2,1-2H3. The topological polar surface area (TPSA) is 17.0 Å². The molecule has 108 valence electrons. The third-order valence-electron chi connectivity index (χ3n) is 2.98. The van der Waals surface area contributed by atoms with E-state index in [0.29, 0.717) is 18.0 Å². The lowest BCUT2D eigenvalue weighted by atomic mass is 10.2. The molecule has 1 heterocycles. The van der Waals surface area contributed by atoms with Crippen LogP contribution in [0.5, 0.6) is 0 Å². The van der Waals surface area contributed by atoms with Gasteiger partial charge < -0.3 is 9.88 Å². The van der Waals surface area contributed by atoms with Gasteiger partial charge in [0.15, 0.2) is 0 Å². The molecule has 1 N–H and O–H groups in total. The number of benzene rings is 1. The van der Waals surface area contributed by atoms with E-state index in [1.165, 1.54) is 17.7 Å². The molecule has 0 bridgehead atoms. The average Bonchev–Trinajstić information content (AvgIpc) is 2.74. The first-order valence-corrected chi connectivity index (χ1v) is 6.83. The van der Waals surface area contributed by atoms with E-state index in [1.54, 1.807) is 0 Å². The van der Waals surface area contributed by atoms with Gasteiger partial charge in [0.1, 0.15) is 11.6 Å². The second-order valence-corrected chi connectivity index (χ2v) is 5.49. The maximum absolute atomic E-state index is 13.1. The molecule has 20 heavy (non-hydrogen) atoms. The summed E-state index contributed by atoms with van der Waals surface area (Å²) in [6.45, 7) is 6.58. The Kier molecular flexibility index (Phi) is 4.90. The zero-order chi connectivity index (χ0) is 14.5. The highest BCUT2D eigenvalue weighted by atomic mass is 19.1. The lowest BCUT2D eigenvalue weighted by molar-refractivity contribution is 0.552. The van der Waals surface area contributed by atoms with Crippen LogP contribution in [0.4, 0.5) is 8.78 Å². The van der Waals surface area contributed by atoms with Crippen LogP contribution in [-0.4, -0.2) is 11.1 Å². The van der Waals surface area contributed by atoms with Gasteiger partial charge in [-0.25, -0.2) is 8.78 Å². The molecule has 0 aliphatic carbocycles. The highest BCUT2D eigenvalue weighted by Crippen LogP contribution is 2.11. The smallest absolute Gasteiger partial charge is 0.126 e. The van der Waals surface area contributed by atoms with Gasteiger partial charge in [-0.2, -0.15) is 0 Å². The van der Waals surface area contributed by atoms with Gasteiger partial charge >= 0.3 is 0 Å². The summed E-state index contributed by atoms with van der Waals surface area (Å²) in [6, 6.07) is 5.63. The summed E-state index contributed by atoms with van der Waals surface area (Å²) in [7, 11) is 0. The van der Waals surface area contributed by atoms with Crippen molar-refractivity contribution in [3.8, 4) is 0 Å². The number of hydrogen-bond donors (Lipinski definition) is 1. The molecule has 0 aliphatic rings. The fourth-order valence-electron chi connectivity index (χ4n) is 2.11. The summed E-state index contributed by atoms with van der Waals surface area (Å²) >= 11 is 0. The quantitative estimate of drug-likeness (QED) is 0.855. The molecule has 4 heteroatoms. The van der Waals surface area contributed by atoms with E-state index in [0.717, 1.165) is 19.2 Å². The lowest BCUT2D eigenvalue weighted by Crippen LogP contribution is -2.18. The first-order valence-electron chi connectivity index (χ1n) is 6.83. The van der Waals surface area contributed by atoms with Crippen molar-refractivity contribution in [1.29, 1.82) is 0 Å².